The molecular weight excluding hydrogens is 482 g/mol. The molecule has 4 nitrogen and oxygen atoms in total. The lowest BCUT2D eigenvalue weighted by Crippen LogP contribution is -2.48. The lowest BCUT2D eigenvalue weighted by atomic mass is 9.74. The first kappa shape index (κ1) is 25.0. The van der Waals surface area contributed by atoms with Crippen LogP contribution in [0.5, 0.6) is 0 Å². The number of hydrogen-bond acceptors (Lipinski definition) is 2. The van der Waals surface area contributed by atoms with Gasteiger partial charge >= 0.3 is 6.18 Å². The van der Waals surface area contributed by atoms with E-state index in [4.69, 9.17) is 9.73 Å². The fraction of sp³-hybridized carbons (Fsp3) is 0.650. The van der Waals surface area contributed by atoms with Gasteiger partial charge in [-0.25, -0.2) is 0 Å². The van der Waals surface area contributed by atoms with Crippen LogP contribution in [-0.4, -0.2) is 37.8 Å². The van der Waals surface area contributed by atoms with Gasteiger partial charge in [0.2, 0.25) is 0 Å². The molecule has 0 aromatic heterocycles. The Morgan fingerprint density at radius 2 is 1.82 bits per heavy atom. The Balaban J connectivity index is 0.00000392. The molecule has 1 saturated heterocycles. The monoisotopic (exact) mass is 513 g/mol. The minimum absolute atomic E-state index is 0. The van der Waals surface area contributed by atoms with E-state index < -0.39 is 17.2 Å². The number of rotatable bonds is 4. The molecule has 160 valence electrons. The topological polar surface area (TPSA) is 45.7 Å². The highest BCUT2D eigenvalue weighted by Gasteiger charge is 2.37. The minimum Gasteiger partial charge on any atom is -0.381 e. The van der Waals surface area contributed by atoms with Crippen LogP contribution in [0.2, 0.25) is 0 Å². The summed E-state index contributed by atoms with van der Waals surface area (Å²) < 4.78 is 45.0. The number of aliphatic imine (C=N–C) groups is 1. The highest BCUT2D eigenvalue weighted by atomic mass is 127. The van der Waals surface area contributed by atoms with E-state index in [1.54, 1.807) is 6.07 Å². The van der Waals surface area contributed by atoms with Crippen molar-refractivity contribution in [1.82, 2.24) is 10.6 Å². The normalized spacial score (nSPS) is 17.6. The summed E-state index contributed by atoms with van der Waals surface area (Å²) in [6, 6.07) is 5.65. The first-order valence-corrected chi connectivity index (χ1v) is 9.38. The third-order valence-electron chi connectivity index (χ3n) is 4.63. The van der Waals surface area contributed by atoms with Gasteiger partial charge in [0.05, 0.1) is 12.1 Å². The van der Waals surface area contributed by atoms with Gasteiger partial charge in [-0.3, -0.25) is 4.99 Å². The molecule has 0 radical (unpaired) electrons. The van der Waals surface area contributed by atoms with Gasteiger partial charge in [0.1, 0.15) is 0 Å². The van der Waals surface area contributed by atoms with E-state index in [1.807, 2.05) is 27.7 Å². The molecule has 1 aromatic carbocycles. The Kier molecular flexibility index (Phi) is 9.05. The van der Waals surface area contributed by atoms with Crippen molar-refractivity contribution in [2.75, 3.05) is 26.3 Å². The Bertz CT molecular complexity index is 651. The smallest absolute Gasteiger partial charge is 0.381 e. The molecule has 1 fully saturated rings. The maximum absolute atomic E-state index is 13.2. The maximum atomic E-state index is 13.2. The summed E-state index contributed by atoms with van der Waals surface area (Å²) in [5.41, 5.74) is -0.565. The molecule has 1 heterocycles. The fourth-order valence-electron chi connectivity index (χ4n) is 3.22. The second kappa shape index (κ2) is 10.1. The number of alkyl halides is 3. The van der Waals surface area contributed by atoms with Crippen molar-refractivity contribution in [3.63, 3.8) is 0 Å². The van der Waals surface area contributed by atoms with Gasteiger partial charge in [-0.15, -0.1) is 24.0 Å². The van der Waals surface area contributed by atoms with Gasteiger partial charge in [-0.1, -0.05) is 18.2 Å². The molecule has 8 heteroatoms. The lowest BCUT2D eigenvalue weighted by Gasteiger charge is -2.37. The summed E-state index contributed by atoms with van der Waals surface area (Å²) in [5.74, 6) is 0.669. The Morgan fingerprint density at radius 1 is 1.18 bits per heavy atom. The van der Waals surface area contributed by atoms with E-state index in [0.717, 1.165) is 6.07 Å². The Hall–Kier alpha value is -1.03. The zero-order chi connectivity index (χ0) is 20.1. The number of hydrogen-bond donors (Lipinski definition) is 2. The van der Waals surface area contributed by atoms with Crippen LogP contribution in [0.1, 0.15) is 51.7 Å². The largest absolute Gasteiger partial charge is 0.416 e. The first-order chi connectivity index (χ1) is 12.6. The minimum atomic E-state index is -4.35. The van der Waals surface area contributed by atoms with Crippen LogP contribution in [0.3, 0.4) is 0 Å². The average molecular weight is 513 g/mol. The highest BCUT2D eigenvalue weighted by Crippen LogP contribution is 2.38. The van der Waals surface area contributed by atoms with E-state index in [9.17, 15) is 13.2 Å². The summed E-state index contributed by atoms with van der Waals surface area (Å²) in [6.45, 7) is 10.3. The molecule has 0 aliphatic carbocycles. The van der Waals surface area contributed by atoms with Gasteiger partial charge in [-0.05, 0) is 52.2 Å². The zero-order valence-electron chi connectivity index (χ0n) is 16.9. The van der Waals surface area contributed by atoms with Crippen LogP contribution < -0.4 is 10.6 Å². The van der Waals surface area contributed by atoms with Crippen molar-refractivity contribution in [2.24, 2.45) is 4.99 Å². The number of ether oxygens (including phenoxy) is 1. The molecule has 0 unspecified atom stereocenters. The highest BCUT2D eigenvalue weighted by molar-refractivity contribution is 14.0. The third-order valence-corrected chi connectivity index (χ3v) is 4.63. The van der Waals surface area contributed by atoms with Crippen molar-refractivity contribution in [3.05, 3.63) is 35.4 Å². The Morgan fingerprint density at radius 3 is 2.36 bits per heavy atom. The molecule has 2 N–H and O–H groups in total. The van der Waals surface area contributed by atoms with Crippen LogP contribution >= 0.6 is 24.0 Å². The van der Waals surface area contributed by atoms with Crippen LogP contribution in [-0.2, 0) is 16.3 Å². The van der Waals surface area contributed by atoms with Crippen molar-refractivity contribution < 1.29 is 17.9 Å². The molecule has 1 aliphatic rings. The SMILES string of the molecule is CCNC(=NCC1(c2cccc(C(F)(F)F)c2)CCOCC1)NC(C)(C)C.I. The molecular formula is C20H31F3IN3O. The number of nitrogens with zero attached hydrogens (tertiary/aromatic N) is 1. The summed E-state index contributed by atoms with van der Waals surface area (Å²) in [5, 5.41) is 6.54. The fourth-order valence-corrected chi connectivity index (χ4v) is 3.22. The van der Waals surface area contributed by atoms with Crippen molar-refractivity contribution in [2.45, 2.75) is 57.7 Å². The first-order valence-electron chi connectivity index (χ1n) is 9.38. The third kappa shape index (κ3) is 7.09. The summed E-state index contributed by atoms with van der Waals surface area (Å²) in [7, 11) is 0. The molecule has 0 bridgehead atoms. The predicted octanol–water partition coefficient (Wildman–Crippen LogP) is 4.73. The standard InChI is InChI=1S/C20H30F3N3O.HI/c1-5-24-17(26-18(2,3)4)25-14-19(9-11-27-12-10-19)15-7-6-8-16(13-15)20(21,22)23;/h6-8,13H,5,9-12,14H2,1-4H3,(H2,24,25,26);1H. The lowest BCUT2D eigenvalue weighted by molar-refractivity contribution is -0.137. The molecule has 2 rings (SSSR count). The second-order valence-corrected chi connectivity index (χ2v) is 8.04. The molecule has 0 saturated carbocycles. The molecule has 1 aromatic rings. The number of guanidine groups is 1. The van der Waals surface area contributed by atoms with Crippen molar-refractivity contribution >= 4 is 29.9 Å². The summed E-state index contributed by atoms with van der Waals surface area (Å²) in [6.07, 6.45) is -3.06. The molecule has 0 atom stereocenters. The van der Waals surface area contributed by atoms with Gasteiger partial charge in [0, 0.05) is 30.7 Å². The predicted molar refractivity (Wildman–Crippen MR) is 117 cm³/mol. The Labute approximate surface area is 182 Å². The van der Waals surface area contributed by atoms with Crippen LogP contribution in [0, 0.1) is 0 Å². The number of benzene rings is 1. The molecule has 0 amide bonds. The summed E-state index contributed by atoms with van der Waals surface area (Å²) in [4.78, 5) is 4.72. The van der Waals surface area contributed by atoms with E-state index in [2.05, 4.69) is 10.6 Å². The van der Waals surface area contributed by atoms with Crippen molar-refractivity contribution in [3.8, 4) is 0 Å². The van der Waals surface area contributed by atoms with Gasteiger partial charge in [-0.2, -0.15) is 13.2 Å². The van der Waals surface area contributed by atoms with E-state index in [0.29, 0.717) is 50.7 Å². The van der Waals surface area contributed by atoms with Crippen molar-refractivity contribution in [1.29, 1.82) is 0 Å². The van der Waals surface area contributed by atoms with E-state index in [-0.39, 0.29) is 29.5 Å². The quantitative estimate of drug-likeness (QED) is 0.348. The van der Waals surface area contributed by atoms with E-state index in [1.165, 1.54) is 12.1 Å². The van der Waals surface area contributed by atoms with Crippen LogP contribution in [0.25, 0.3) is 0 Å². The molecule has 1 aliphatic heterocycles. The van der Waals surface area contributed by atoms with Gasteiger partial charge < -0.3 is 15.4 Å². The summed E-state index contributed by atoms with van der Waals surface area (Å²) >= 11 is 0. The maximum Gasteiger partial charge on any atom is 0.416 e. The zero-order valence-corrected chi connectivity index (χ0v) is 19.3. The average Bonchev–Trinajstić information content (AvgIpc) is 2.59. The molecule has 28 heavy (non-hydrogen) atoms. The number of halogens is 4. The van der Waals surface area contributed by atoms with Gasteiger partial charge in [0.15, 0.2) is 5.96 Å². The number of nitrogens with one attached hydrogen (secondary N) is 2. The van der Waals surface area contributed by atoms with E-state index >= 15 is 0 Å². The van der Waals surface area contributed by atoms with Crippen LogP contribution in [0.15, 0.2) is 29.3 Å². The molecule has 0 spiro atoms. The van der Waals surface area contributed by atoms with Gasteiger partial charge in [0.25, 0.3) is 0 Å². The van der Waals surface area contributed by atoms with Crippen LogP contribution in [0.4, 0.5) is 13.2 Å². The second-order valence-electron chi connectivity index (χ2n) is 8.04.